The lowest BCUT2D eigenvalue weighted by molar-refractivity contribution is -0.161. The Bertz CT molecular complexity index is 899. The fraction of sp³-hybridized carbons (Fsp3) is 0.706. The quantitative estimate of drug-likeness (QED) is 0.0308. The molecule has 45 heavy (non-hydrogen) atoms. The van der Waals surface area contributed by atoms with Crippen LogP contribution in [0.4, 0.5) is 0 Å². The summed E-state index contributed by atoms with van der Waals surface area (Å²) in [6.45, 7) is 2.12. The van der Waals surface area contributed by atoms with E-state index in [1.807, 2.05) is 36.5 Å². The van der Waals surface area contributed by atoms with Crippen molar-refractivity contribution in [1.82, 2.24) is 0 Å². The van der Waals surface area contributed by atoms with Crippen molar-refractivity contribution < 1.29 is 47.8 Å². The van der Waals surface area contributed by atoms with Crippen LogP contribution in [0.3, 0.4) is 0 Å². The molecule has 0 saturated carbocycles. The number of aliphatic hydroxyl groups excluding tert-OH is 2. The second-order valence-corrected chi connectivity index (χ2v) is 12.4. The molecule has 0 aliphatic carbocycles. The summed E-state index contributed by atoms with van der Waals surface area (Å²) in [5.41, 5.74) is 0. The Morgan fingerprint density at radius 2 is 1.22 bits per heavy atom. The van der Waals surface area contributed by atoms with Gasteiger partial charge in [-0.15, -0.1) is 0 Å². The van der Waals surface area contributed by atoms with Crippen LogP contribution < -0.4 is 0 Å². The summed E-state index contributed by atoms with van der Waals surface area (Å²) in [5, 5.41) is 18.2. The van der Waals surface area contributed by atoms with Gasteiger partial charge in [0, 0.05) is 12.8 Å². The molecule has 260 valence electrons. The number of hydrogen-bond donors (Lipinski definition) is 3. The lowest BCUT2D eigenvalue weighted by Gasteiger charge is -2.20. The van der Waals surface area contributed by atoms with Crippen LogP contribution in [-0.4, -0.2) is 65.7 Å². The monoisotopic (exact) mass is 658 g/mol. The van der Waals surface area contributed by atoms with E-state index in [1.165, 1.54) is 32.1 Å². The predicted octanol–water partition coefficient (Wildman–Crippen LogP) is 7.43. The van der Waals surface area contributed by atoms with Crippen molar-refractivity contribution in [3.63, 3.8) is 0 Å². The number of ether oxygens (including phenoxy) is 2. The number of carbonyl (C=O) groups excluding carboxylic acids is 2. The van der Waals surface area contributed by atoms with Crippen LogP contribution in [-0.2, 0) is 32.7 Å². The van der Waals surface area contributed by atoms with Crippen LogP contribution in [0.15, 0.2) is 48.6 Å². The Kier molecular flexibility index (Phi) is 29.2. The number of carbonyl (C=O) groups is 2. The second-order valence-electron chi connectivity index (χ2n) is 10.9. The maximum absolute atomic E-state index is 12.5. The average molecular weight is 659 g/mol. The highest BCUT2D eigenvalue weighted by atomic mass is 31.2. The predicted molar refractivity (Wildman–Crippen MR) is 177 cm³/mol. The van der Waals surface area contributed by atoms with Gasteiger partial charge in [0.15, 0.2) is 6.10 Å². The summed E-state index contributed by atoms with van der Waals surface area (Å²) in [5.74, 6) is -0.980. The van der Waals surface area contributed by atoms with Gasteiger partial charge in [-0.3, -0.25) is 18.6 Å². The van der Waals surface area contributed by atoms with E-state index in [1.54, 1.807) is 0 Å². The van der Waals surface area contributed by atoms with E-state index in [0.717, 1.165) is 44.9 Å². The SMILES string of the molecule is CC/C=C/C=C/C=C/C=C/CCCCCC(=O)OC(COC(=O)CCCCCCCCCCC)COP(=O)(O)OC[C@@H](O)CO. The molecule has 3 atom stereocenters. The number of unbranched alkanes of at least 4 members (excludes halogenated alkanes) is 11. The third kappa shape index (κ3) is 30.4. The lowest BCUT2D eigenvalue weighted by atomic mass is 10.1. The van der Waals surface area contributed by atoms with Gasteiger partial charge in [0.1, 0.15) is 12.7 Å². The Morgan fingerprint density at radius 1 is 0.689 bits per heavy atom. The maximum atomic E-state index is 12.5. The molecule has 0 amide bonds. The average Bonchev–Trinajstić information content (AvgIpc) is 3.02. The van der Waals surface area contributed by atoms with Crippen molar-refractivity contribution in [2.45, 2.75) is 129 Å². The van der Waals surface area contributed by atoms with E-state index in [2.05, 4.69) is 30.5 Å². The summed E-state index contributed by atoms with van der Waals surface area (Å²) < 4.78 is 32.4. The van der Waals surface area contributed by atoms with Crippen molar-refractivity contribution >= 4 is 19.8 Å². The molecule has 0 bridgehead atoms. The number of rotatable bonds is 30. The minimum atomic E-state index is -4.61. The number of allylic oxidation sites excluding steroid dienone is 8. The first-order chi connectivity index (χ1) is 21.7. The zero-order valence-electron chi connectivity index (χ0n) is 27.6. The summed E-state index contributed by atoms with van der Waals surface area (Å²) in [6.07, 6.45) is 28.2. The number of aliphatic hydroxyl groups is 2. The van der Waals surface area contributed by atoms with Gasteiger partial charge in [0.2, 0.25) is 0 Å². The Labute approximate surface area is 271 Å². The van der Waals surface area contributed by atoms with Gasteiger partial charge in [-0.05, 0) is 32.1 Å². The van der Waals surface area contributed by atoms with Gasteiger partial charge < -0.3 is 24.6 Å². The number of phosphoric ester groups is 1. The van der Waals surface area contributed by atoms with Crippen LogP contribution >= 0.6 is 7.82 Å². The molecule has 0 rings (SSSR count). The van der Waals surface area contributed by atoms with E-state index >= 15 is 0 Å². The highest BCUT2D eigenvalue weighted by molar-refractivity contribution is 7.47. The van der Waals surface area contributed by atoms with Crippen molar-refractivity contribution in [3.8, 4) is 0 Å². The fourth-order valence-electron chi connectivity index (χ4n) is 4.00. The van der Waals surface area contributed by atoms with Crippen molar-refractivity contribution in [3.05, 3.63) is 48.6 Å². The van der Waals surface area contributed by atoms with Gasteiger partial charge in [0.25, 0.3) is 0 Å². The molecule has 0 aromatic carbocycles. The summed E-state index contributed by atoms with van der Waals surface area (Å²) in [7, 11) is -4.61. The molecule has 2 unspecified atom stereocenters. The van der Waals surface area contributed by atoms with Crippen molar-refractivity contribution in [1.29, 1.82) is 0 Å². The van der Waals surface area contributed by atoms with E-state index in [9.17, 15) is 24.2 Å². The van der Waals surface area contributed by atoms with Gasteiger partial charge in [-0.25, -0.2) is 4.57 Å². The minimum absolute atomic E-state index is 0.137. The first kappa shape index (κ1) is 42.9. The van der Waals surface area contributed by atoms with Crippen LogP contribution in [0.25, 0.3) is 0 Å². The minimum Gasteiger partial charge on any atom is -0.462 e. The van der Waals surface area contributed by atoms with Gasteiger partial charge in [-0.1, -0.05) is 120 Å². The van der Waals surface area contributed by atoms with Crippen molar-refractivity contribution in [2.24, 2.45) is 0 Å². The molecule has 0 heterocycles. The molecule has 0 aromatic heterocycles. The third-order valence-electron chi connectivity index (χ3n) is 6.59. The van der Waals surface area contributed by atoms with Crippen LogP contribution in [0.2, 0.25) is 0 Å². The van der Waals surface area contributed by atoms with E-state index in [-0.39, 0.29) is 19.4 Å². The van der Waals surface area contributed by atoms with E-state index in [4.69, 9.17) is 19.1 Å². The highest BCUT2D eigenvalue weighted by Crippen LogP contribution is 2.43. The maximum Gasteiger partial charge on any atom is 0.472 e. The zero-order chi connectivity index (χ0) is 33.4. The normalized spacial score (nSPS) is 14.9. The molecule has 11 heteroatoms. The van der Waals surface area contributed by atoms with Crippen LogP contribution in [0.1, 0.15) is 117 Å². The first-order valence-corrected chi connectivity index (χ1v) is 18.1. The van der Waals surface area contributed by atoms with Gasteiger partial charge >= 0.3 is 19.8 Å². The van der Waals surface area contributed by atoms with Gasteiger partial charge in [0.05, 0.1) is 19.8 Å². The smallest absolute Gasteiger partial charge is 0.462 e. The lowest BCUT2D eigenvalue weighted by Crippen LogP contribution is -2.29. The zero-order valence-corrected chi connectivity index (χ0v) is 28.5. The van der Waals surface area contributed by atoms with Crippen LogP contribution in [0, 0.1) is 0 Å². The molecule has 0 aliphatic heterocycles. The molecular formula is C34H59O10P. The Balaban J connectivity index is 4.54. The van der Waals surface area contributed by atoms with Crippen molar-refractivity contribution in [2.75, 3.05) is 26.4 Å². The second kappa shape index (κ2) is 30.6. The summed E-state index contributed by atoms with van der Waals surface area (Å²) >= 11 is 0. The topological polar surface area (TPSA) is 149 Å². The Morgan fingerprint density at radius 3 is 1.84 bits per heavy atom. The molecule has 0 aromatic rings. The summed E-state index contributed by atoms with van der Waals surface area (Å²) in [6, 6.07) is 0. The molecule has 0 spiro atoms. The molecule has 10 nitrogen and oxygen atoms in total. The first-order valence-electron chi connectivity index (χ1n) is 16.6. The molecular weight excluding hydrogens is 599 g/mol. The highest BCUT2D eigenvalue weighted by Gasteiger charge is 2.27. The molecule has 0 fully saturated rings. The standard InChI is InChI=1S/C34H59O10P/c1-3-5-7-9-11-13-14-15-16-18-20-22-24-26-34(38)44-32(30-43-45(39,40)42-28-31(36)27-35)29-41-33(37)25-23-21-19-17-12-10-8-6-4-2/h5,7,9,11,13-16,31-32,35-36H,3-4,6,8,10,12,17-30H2,1-2H3,(H,39,40)/b7-5+,11-9+,14-13+,16-15+/t31-,32?/m0/s1. The molecule has 0 saturated heterocycles. The molecule has 0 radical (unpaired) electrons. The number of hydrogen-bond acceptors (Lipinski definition) is 9. The third-order valence-corrected chi connectivity index (χ3v) is 7.54. The molecule has 0 aliphatic rings. The van der Waals surface area contributed by atoms with Crippen LogP contribution in [0.5, 0.6) is 0 Å². The Hall–Kier alpha value is -2.07. The van der Waals surface area contributed by atoms with Gasteiger partial charge in [-0.2, -0.15) is 0 Å². The summed E-state index contributed by atoms with van der Waals surface area (Å²) in [4.78, 5) is 34.6. The van der Waals surface area contributed by atoms with E-state index < -0.39 is 51.8 Å². The van der Waals surface area contributed by atoms with E-state index in [0.29, 0.717) is 12.8 Å². The number of esters is 2. The molecule has 3 N–H and O–H groups in total. The fourth-order valence-corrected chi connectivity index (χ4v) is 4.79. The largest absolute Gasteiger partial charge is 0.472 e. The number of phosphoric acid groups is 1.